The van der Waals surface area contributed by atoms with Crippen LogP contribution in [0.15, 0.2) is 48.5 Å². The van der Waals surface area contributed by atoms with Crippen LogP contribution in [0, 0.1) is 0 Å². The molecule has 0 saturated carbocycles. The smallest absolute Gasteiger partial charge is 0.407 e. The first kappa shape index (κ1) is 19.5. The average Bonchev–Trinajstić information content (AvgIpc) is 3.02. The predicted molar refractivity (Wildman–Crippen MR) is 111 cm³/mol. The second kappa shape index (κ2) is 10.1. The number of unbranched alkanes of at least 4 members (excludes halogenated alkanes) is 6. The molecule has 0 fully saturated rings. The summed E-state index contributed by atoms with van der Waals surface area (Å²) < 4.78 is 5.55. The number of amides is 1. The highest BCUT2D eigenvalue weighted by Crippen LogP contribution is 2.44. The van der Waals surface area contributed by atoms with Gasteiger partial charge >= 0.3 is 6.09 Å². The lowest BCUT2D eigenvalue weighted by Gasteiger charge is -2.14. The second-order valence-corrected chi connectivity index (χ2v) is 7.37. The van der Waals surface area contributed by atoms with Gasteiger partial charge in [0.05, 0.1) is 0 Å². The van der Waals surface area contributed by atoms with Crippen molar-refractivity contribution in [1.82, 2.24) is 5.32 Å². The van der Waals surface area contributed by atoms with Crippen molar-refractivity contribution in [3.05, 3.63) is 59.7 Å². The third-order valence-corrected chi connectivity index (χ3v) is 5.39. The highest BCUT2D eigenvalue weighted by atomic mass is 16.5. The van der Waals surface area contributed by atoms with Crippen LogP contribution in [0.2, 0.25) is 0 Å². The first-order valence-corrected chi connectivity index (χ1v) is 10.4. The number of alkyl carbamates (subject to hydrolysis) is 1. The number of hydrogen-bond donors (Lipinski definition) is 1. The Hall–Kier alpha value is -2.29. The van der Waals surface area contributed by atoms with Gasteiger partial charge in [0.1, 0.15) is 6.61 Å². The molecular weight excluding hydrogens is 334 g/mol. The molecule has 0 radical (unpaired) electrons. The van der Waals surface area contributed by atoms with Crippen LogP contribution in [0.3, 0.4) is 0 Å². The van der Waals surface area contributed by atoms with E-state index < -0.39 is 0 Å². The zero-order chi connectivity index (χ0) is 18.9. The zero-order valence-electron chi connectivity index (χ0n) is 16.4. The number of nitrogens with one attached hydrogen (secondary N) is 1. The molecule has 1 aliphatic carbocycles. The maximum absolute atomic E-state index is 12.1. The quantitative estimate of drug-likeness (QED) is 0.503. The summed E-state index contributed by atoms with van der Waals surface area (Å²) in [4.78, 5) is 12.1. The summed E-state index contributed by atoms with van der Waals surface area (Å²) in [7, 11) is 0. The molecule has 144 valence electrons. The molecule has 0 spiro atoms. The Morgan fingerprint density at radius 3 is 2.04 bits per heavy atom. The number of fused-ring (bicyclic) bond motifs is 3. The summed E-state index contributed by atoms with van der Waals surface area (Å²) in [6.45, 7) is 3.32. The van der Waals surface area contributed by atoms with Gasteiger partial charge in [-0.2, -0.15) is 0 Å². The standard InChI is InChI=1S/C24H31NO2/c1-2-3-4-5-6-7-12-17-25-24(26)27-18-23-21-15-10-8-13-19(21)20-14-9-11-16-22(20)23/h8-11,13-16,23H,2-7,12,17-18H2,1H3,(H,25,26). The summed E-state index contributed by atoms with van der Waals surface area (Å²) in [5, 5.41) is 2.90. The summed E-state index contributed by atoms with van der Waals surface area (Å²) in [6.07, 6.45) is 8.40. The van der Waals surface area contributed by atoms with E-state index in [2.05, 4.69) is 60.8 Å². The zero-order valence-corrected chi connectivity index (χ0v) is 16.4. The van der Waals surface area contributed by atoms with E-state index in [0.717, 1.165) is 6.42 Å². The fourth-order valence-electron chi connectivity index (χ4n) is 3.92. The maximum atomic E-state index is 12.1. The van der Waals surface area contributed by atoms with Crippen molar-refractivity contribution in [1.29, 1.82) is 0 Å². The maximum Gasteiger partial charge on any atom is 0.407 e. The minimum absolute atomic E-state index is 0.127. The lowest BCUT2D eigenvalue weighted by atomic mass is 9.98. The van der Waals surface area contributed by atoms with Crippen molar-refractivity contribution in [3.63, 3.8) is 0 Å². The van der Waals surface area contributed by atoms with Gasteiger partial charge in [-0.15, -0.1) is 0 Å². The fourth-order valence-corrected chi connectivity index (χ4v) is 3.92. The molecule has 2 aromatic carbocycles. The third-order valence-electron chi connectivity index (χ3n) is 5.39. The third kappa shape index (κ3) is 5.12. The van der Waals surface area contributed by atoms with Crippen LogP contribution in [0.25, 0.3) is 11.1 Å². The molecule has 3 rings (SSSR count). The second-order valence-electron chi connectivity index (χ2n) is 7.37. The molecular formula is C24H31NO2. The van der Waals surface area contributed by atoms with Crippen LogP contribution in [-0.2, 0) is 4.74 Å². The average molecular weight is 366 g/mol. The summed E-state index contributed by atoms with van der Waals surface area (Å²) in [5.74, 6) is 0.127. The first-order chi connectivity index (χ1) is 13.3. The largest absolute Gasteiger partial charge is 0.449 e. The number of carbonyl (C=O) groups excluding carboxylic acids is 1. The fraction of sp³-hybridized carbons (Fsp3) is 0.458. The van der Waals surface area contributed by atoms with Gasteiger partial charge in [-0.1, -0.05) is 94.0 Å². The van der Waals surface area contributed by atoms with Crippen molar-refractivity contribution in [2.24, 2.45) is 0 Å². The lowest BCUT2D eigenvalue weighted by molar-refractivity contribution is 0.143. The van der Waals surface area contributed by atoms with Gasteiger partial charge in [0.25, 0.3) is 0 Å². The molecule has 0 unspecified atom stereocenters. The van der Waals surface area contributed by atoms with Crippen LogP contribution in [0.4, 0.5) is 4.79 Å². The minimum atomic E-state index is -0.303. The molecule has 27 heavy (non-hydrogen) atoms. The Kier molecular flexibility index (Phi) is 7.32. The van der Waals surface area contributed by atoms with Gasteiger partial charge < -0.3 is 10.1 Å². The molecule has 0 aromatic heterocycles. The van der Waals surface area contributed by atoms with E-state index in [-0.39, 0.29) is 12.0 Å². The van der Waals surface area contributed by atoms with Gasteiger partial charge in [0.2, 0.25) is 0 Å². The van der Waals surface area contributed by atoms with E-state index in [4.69, 9.17) is 4.74 Å². The van der Waals surface area contributed by atoms with E-state index in [1.54, 1.807) is 0 Å². The Balaban J connectivity index is 1.42. The number of benzene rings is 2. The monoisotopic (exact) mass is 365 g/mol. The summed E-state index contributed by atoms with van der Waals surface area (Å²) in [5.41, 5.74) is 5.01. The normalized spacial score (nSPS) is 12.5. The van der Waals surface area contributed by atoms with Crippen LogP contribution >= 0.6 is 0 Å². The van der Waals surface area contributed by atoms with Gasteiger partial charge in [-0.25, -0.2) is 4.79 Å². The Morgan fingerprint density at radius 1 is 0.852 bits per heavy atom. The molecule has 2 aromatic rings. The van der Waals surface area contributed by atoms with Gasteiger partial charge in [0.15, 0.2) is 0 Å². The number of ether oxygens (including phenoxy) is 1. The molecule has 0 aliphatic heterocycles. The highest BCUT2D eigenvalue weighted by molar-refractivity contribution is 5.79. The Morgan fingerprint density at radius 2 is 1.41 bits per heavy atom. The van der Waals surface area contributed by atoms with E-state index in [0.29, 0.717) is 13.2 Å². The van der Waals surface area contributed by atoms with Gasteiger partial charge in [-0.3, -0.25) is 0 Å². The number of carbonyl (C=O) groups is 1. The Bertz CT molecular complexity index is 695. The van der Waals surface area contributed by atoms with E-state index in [1.165, 1.54) is 60.8 Å². The molecule has 0 heterocycles. The number of rotatable bonds is 10. The van der Waals surface area contributed by atoms with E-state index >= 15 is 0 Å². The van der Waals surface area contributed by atoms with Gasteiger partial charge in [0, 0.05) is 12.5 Å². The molecule has 3 nitrogen and oxygen atoms in total. The van der Waals surface area contributed by atoms with Crippen molar-refractivity contribution in [3.8, 4) is 11.1 Å². The molecule has 1 aliphatic rings. The van der Waals surface area contributed by atoms with E-state index in [9.17, 15) is 4.79 Å². The Labute approximate surface area is 163 Å². The minimum Gasteiger partial charge on any atom is -0.449 e. The molecule has 3 heteroatoms. The van der Waals surface area contributed by atoms with Crippen molar-refractivity contribution in [2.45, 2.75) is 57.8 Å². The van der Waals surface area contributed by atoms with Crippen LogP contribution in [0.1, 0.15) is 68.9 Å². The van der Waals surface area contributed by atoms with Crippen molar-refractivity contribution in [2.75, 3.05) is 13.2 Å². The van der Waals surface area contributed by atoms with Crippen LogP contribution < -0.4 is 5.32 Å². The molecule has 0 bridgehead atoms. The summed E-state index contributed by atoms with van der Waals surface area (Å²) >= 11 is 0. The van der Waals surface area contributed by atoms with Crippen molar-refractivity contribution < 1.29 is 9.53 Å². The highest BCUT2D eigenvalue weighted by Gasteiger charge is 2.28. The molecule has 0 atom stereocenters. The van der Waals surface area contributed by atoms with Gasteiger partial charge in [-0.05, 0) is 28.7 Å². The molecule has 1 N–H and O–H groups in total. The topological polar surface area (TPSA) is 38.3 Å². The SMILES string of the molecule is CCCCCCCCCNC(=O)OCC1c2ccccc2-c2ccccc21. The van der Waals surface area contributed by atoms with Crippen LogP contribution in [-0.4, -0.2) is 19.2 Å². The summed E-state index contributed by atoms with van der Waals surface area (Å²) in [6, 6.07) is 16.8. The predicted octanol–water partition coefficient (Wildman–Crippen LogP) is 6.28. The molecule has 0 saturated heterocycles. The van der Waals surface area contributed by atoms with Crippen molar-refractivity contribution >= 4 is 6.09 Å². The van der Waals surface area contributed by atoms with E-state index in [1.807, 2.05) is 0 Å². The first-order valence-electron chi connectivity index (χ1n) is 10.4. The number of hydrogen-bond acceptors (Lipinski definition) is 2. The molecule has 1 amide bonds. The van der Waals surface area contributed by atoms with Crippen LogP contribution in [0.5, 0.6) is 0 Å². The lowest BCUT2D eigenvalue weighted by Crippen LogP contribution is -2.27.